The zero-order valence-electron chi connectivity index (χ0n) is 14.2. The van der Waals surface area contributed by atoms with Gasteiger partial charge >= 0.3 is 0 Å². The van der Waals surface area contributed by atoms with Gasteiger partial charge in [0.25, 0.3) is 0 Å². The summed E-state index contributed by atoms with van der Waals surface area (Å²) in [6, 6.07) is 14.7. The van der Waals surface area contributed by atoms with Crippen LogP contribution in [0.25, 0.3) is 0 Å². The van der Waals surface area contributed by atoms with Crippen LogP contribution in [-0.2, 0) is 10.0 Å². The van der Waals surface area contributed by atoms with E-state index in [4.69, 9.17) is 23.2 Å². The highest BCUT2D eigenvalue weighted by Gasteiger charge is 2.20. The van der Waals surface area contributed by atoms with E-state index in [1.807, 2.05) is 18.2 Å². The molecular formula is C18H21Cl2N3O2S. The monoisotopic (exact) mass is 413 g/mol. The summed E-state index contributed by atoms with van der Waals surface area (Å²) < 4.78 is 27.4. The summed E-state index contributed by atoms with van der Waals surface area (Å²) in [6.07, 6.45) is 0. The third-order valence-corrected chi connectivity index (χ3v) is 6.57. The summed E-state index contributed by atoms with van der Waals surface area (Å²) in [7, 11) is -3.67. The van der Waals surface area contributed by atoms with E-state index in [9.17, 15) is 8.42 Å². The average molecular weight is 414 g/mol. The standard InChI is InChI=1S/C18H21Cl2N3O2S/c19-15-6-7-17(20)18(14-15)26(24,25)21-8-9-22-10-12-23(13-11-22)16-4-2-1-3-5-16/h1-7,14,21H,8-13H2. The minimum atomic E-state index is -3.67. The number of piperazine rings is 1. The number of nitrogens with zero attached hydrogens (tertiary/aromatic N) is 2. The van der Waals surface area contributed by atoms with E-state index in [0.717, 1.165) is 26.2 Å². The van der Waals surface area contributed by atoms with Gasteiger partial charge in [-0.1, -0.05) is 41.4 Å². The van der Waals surface area contributed by atoms with Crippen molar-refractivity contribution in [3.8, 4) is 0 Å². The molecule has 0 aliphatic carbocycles. The lowest BCUT2D eigenvalue weighted by Gasteiger charge is -2.36. The van der Waals surface area contributed by atoms with E-state index in [-0.39, 0.29) is 9.92 Å². The lowest BCUT2D eigenvalue weighted by molar-refractivity contribution is 0.262. The van der Waals surface area contributed by atoms with Crippen molar-refractivity contribution >= 4 is 38.9 Å². The van der Waals surface area contributed by atoms with Crippen LogP contribution < -0.4 is 9.62 Å². The van der Waals surface area contributed by atoms with E-state index < -0.39 is 10.0 Å². The Morgan fingerprint density at radius 3 is 2.35 bits per heavy atom. The van der Waals surface area contributed by atoms with Crippen LogP contribution in [0.15, 0.2) is 53.4 Å². The lowest BCUT2D eigenvalue weighted by atomic mass is 10.2. The summed E-state index contributed by atoms with van der Waals surface area (Å²) >= 11 is 11.9. The second kappa shape index (κ2) is 8.59. The number of halogens is 2. The van der Waals surface area contributed by atoms with Gasteiger partial charge in [-0.05, 0) is 30.3 Å². The van der Waals surface area contributed by atoms with Crippen LogP contribution >= 0.6 is 23.2 Å². The molecule has 0 amide bonds. The Labute approximate surface area is 164 Å². The number of sulfonamides is 1. The highest BCUT2D eigenvalue weighted by atomic mass is 35.5. The molecule has 1 fully saturated rings. The van der Waals surface area contributed by atoms with Gasteiger partial charge in [0.1, 0.15) is 4.90 Å². The Morgan fingerprint density at radius 1 is 0.962 bits per heavy atom. The first-order chi connectivity index (χ1) is 12.5. The first-order valence-electron chi connectivity index (χ1n) is 8.43. The molecule has 1 heterocycles. The predicted molar refractivity (Wildman–Crippen MR) is 107 cm³/mol. The molecule has 1 saturated heterocycles. The topological polar surface area (TPSA) is 52.7 Å². The van der Waals surface area contributed by atoms with Crippen molar-refractivity contribution in [2.45, 2.75) is 4.90 Å². The normalized spacial score (nSPS) is 16.0. The molecule has 0 atom stereocenters. The molecule has 1 aliphatic rings. The first kappa shape index (κ1) is 19.5. The Morgan fingerprint density at radius 2 is 1.65 bits per heavy atom. The fourth-order valence-corrected chi connectivity index (χ4v) is 4.75. The van der Waals surface area contributed by atoms with Crippen LogP contribution in [0.5, 0.6) is 0 Å². The Balaban J connectivity index is 1.49. The first-order valence-corrected chi connectivity index (χ1v) is 10.7. The molecule has 5 nitrogen and oxygen atoms in total. The molecule has 8 heteroatoms. The summed E-state index contributed by atoms with van der Waals surface area (Å²) in [6.45, 7) is 4.63. The number of rotatable bonds is 6. The van der Waals surface area contributed by atoms with Crippen molar-refractivity contribution in [2.24, 2.45) is 0 Å². The Bertz CT molecular complexity index is 839. The van der Waals surface area contributed by atoms with Crippen LogP contribution in [0.4, 0.5) is 5.69 Å². The smallest absolute Gasteiger partial charge is 0.242 e. The molecule has 0 unspecified atom stereocenters. The third-order valence-electron chi connectivity index (χ3n) is 4.40. The number of hydrogen-bond donors (Lipinski definition) is 1. The Kier molecular flexibility index (Phi) is 6.42. The highest BCUT2D eigenvalue weighted by molar-refractivity contribution is 7.89. The van der Waals surface area contributed by atoms with Crippen molar-refractivity contribution in [2.75, 3.05) is 44.2 Å². The predicted octanol–water partition coefficient (Wildman–Crippen LogP) is 3.09. The van der Waals surface area contributed by atoms with Crippen LogP contribution in [0, 0.1) is 0 Å². The Hall–Kier alpha value is -1.31. The van der Waals surface area contributed by atoms with Crippen molar-refractivity contribution < 1.29 is 8.42 Å². The molecule has 0 saturated carbocycles. The fourth-order valence-electron chi connectivity index (χ4n) is 2.97. The van der Waals surface area contributed by atoms with Crippen LogP contribution in [0.1, 0.15) is 0 Å². The summed E-state index contributed by atoms with van der Waals surface area (Å²) in [5, 5.41) is 0.505. The van der Waals surface area contributed by atoms with Crippen molar-refractivity contribution in [1.82, 2.24) is 9.62 Å². The maximum Gasteiger partial charge on any atom is 0.242 e. The van der Waals surface area contributed by atoms with E-state index in [2.05, 4.69) is 26.7 Å². The molecule has 2 aromatic carbocycles. The molecule has 3 rings (SSSR count). The van der Waals surface area contributed by atoms with Gasteiger partial charge in [0.2, 0.25) is 10.0 Å². The van der Waals surface area contributed by atoms with Crippen molar-refractivity contribution in [1.29, 1.82) is 0 Å². The maximum atomic E-state index is 12.4. The SMILES string of the molecule is O=S(=O)(NCCN1CCN(c2ccccc2)CC1)c1cc(Cl)ccc1Cl. The lowest BCUT2D eigenvalue weighted by Crippen LogP contribution is -2.48. The van der Waals surface area contributed by atoms with Gasteiger partial charge in [-0.15, -0.1) is 0 Å². The molecular weight excluding hydrogens is 393 g/mol. The zero-order chi connectivity index (χ0) is 18.6. The minimum Gasteiger partial charge on any atom is -0.369 e. The molecule has 0 aromatic heterocycles. The zero-order valence-corrected chi connectivity index (χ0v) is 16.6. The molecule has 0 bridgehead atoms. The fraction of sp³-hybridized carbons (Fsp3) is 0.333. The highest BCUT2D eigenvalue weighted by Crippen LogP contribution is 2.24. The number of nitrogens with one attached hydrogen (secondary N) is 1. The molecule has 0 spiro atoms. The van der Waals surface area contributed by atoms with Crippen molar-refractivity contribution in [3.05, 3.63) is 58.6 Å². The number of benzene rings is 2. The largest absolute Gasteiger partial charge is 0.369 e. The van der Waals surface area contributed by atoms with Gasteiger partial charge in [-0.3, -0.25) is 4.90 Å². The van der Waals surface area contributed by atoms with E-state index in [1.165, 1.54) is 17.8 Å². The second-order valence-electron chi connectivity index (χ2n) is 6.14. The minimum absolute atomic E-state index is 0.0144. The van der Waals surface area contributed by atoms with Gasteiger partial charge in [0.15, 0.2) is 0 Å². The molecule has 1 aliphatic heterocycles. The average Bonchev–Trinajstić information content (AvgIpc) is 2.65. The van der Waals surface area contributed by atoms with Gasteiger partial charge in [0, 0.05) is 50.0 Å². The van der Waals surface area contributed by atoms with Gasteiger partial charge < -0.3 is 4.90 Å². The van der Waals surface area contributed by atoms with Gasteiger partial charge in [0.05, 0.1) is 5.02 Å². The summed E-state index contributed by atoms with van der Waals surface area (Å²) in [4.78, 5) is 4.61. The number of hydrogen-bond acceptors (Lipinski definition) is 4. The van der Waals surface area contributed by atoms with Crippen LogP contribution in [-0.4, -0.2) is 52.6 Å². The van der Waals surface area contributed by atoms with Crippen molar-refractivity contribution in [3.63, 3.8) is 0 Å². The quantitative estimate of drug-likeness (QED) is 0.790. The molecule has 140 valence electrons. The number of anilines is 1. The second-order valence-corrected chi connectivity index (χ2v) is 8.72. The summed E-state index contributed by atoms with van der Waals surface area (Å²) in [5.41, 5.74) is 1.23. The molecule has 0 radical (unpaired) electrons. The number of para-hydroxylation sites is 1. The summed E-state index contributed by atoms with van der Waals surface area (Å²) in [5.74, 6) is 0. The van der Waals surface area contributed by atoms with Crippen LogP contribution in [0.3, 0.4) is 0 Å². The van der Waals surface area contributed by atoms with Gasteiger partial charge in [-0.25, -0.2) is 13.1 Å². The van der Waals surface area contributed by atoms with Gasteiger partial charge in [-0.2, -0.15) is 0 Å². The van der Waals surface area contributed by atoms with E-state index in [0.29, 0.717) is 18.1 Å². The van der Waals surface area contributed by atoms with E-state index in [1.54, 1.807) is 6.07 Å². The van der Waals surface area contributed by atoms with E-state index >= 15 is 0 Å². The third kappa shape index (κ3) is 4.90. The molecule has 26 heavy (non-hydrogen) atoms. The molecule has 1 N–H and O–H groups in total. The maximum absolute atomic E-state index is 12.4. The van der Waals surface area contributed by atoms with Crippen LogP contribution in [0.2, 0.25) is 10.0 Å². The molecule has 2 aromatic rings.